The van der Waals surface area contributed by atoms with E-state index in [4.69, 9.17) is 11.6 Å². The molecule has 3 rings (SSSR count). The van der Waals surface area contributed by atoms with E-state index in [1.165, 1.54) is 11.5 Å². The summed E-state index contributed by atoms with van der Waals surface area (Å²) in [4.78, 5) is 15.8. The molecular formula is C16H15ClN4OS. The van der Waals surface area contributed by atoms with Gasteiger partial charge in [-0.05, 0) is 42.7 Å². The molecule has 5 nitrogen and oxygen atoms in total. The second-order valence-corrected chi connectivity index (χ2v) is 6.45. The summed E-state index contributed by atoms with van der Waals surface area (Å²) in [5.41, 5.74) is 2.30. The molecule has 2 aromatic rings. The monoisotopic (exact) mass is 346 g/mol. The molecule has 0 aliphatic carbocycles. The number of Topliss-reactive ketones (excluding diaryl/α,β-unsaturated/α-hetero) is 1. The van der Waals surface area contributed by atoms with E-state index in [0.717, 1.165) is 42.4 Å². The molecule has 1 saturated heterocycles. The Morgan fingerprint density at radius 1 is 1.22 bits per heavy atom. The van der Waals surface area contributed by atoms with Gasteiger partial charge in [-0.25, -0.2) is 0 Å². The number of nitrogens with zero attached hydrogens (tertiary/aromatic N) is 4. The van der Waals surface area contributed by atoms with Crippen LogP contribution in [0.5, 0.6) is 0 Å². The summed E-state index contributed by atoms with van der Waals surface area (Å²) in [5, 5.41) is 10.3. The Morgan fingerprint density at radius 2 is 1.83 bits per heavy atom. The van der Waals surface area contributed by atoms with Gasteiger partial charge in [0.25, 0.3) is 0 Å². The van der Waals surface area contributed by atoms with E-state index in [1.807, 2.05) is 24.3 Å². The first-order valence-electron chi connectivity index (χ1n) is 7.26. The smallest absolute Gasteiger partial charge is 0.162 e. The Hall–Kier alpha value is -2.10. The maximum Gasteiger partial charge on any atom is 0.162 e. The number of aromatic nitrogens is 1. The summed E-state index contributed by atoms with van der Waals surface area (Å²) in [7, 11) is 0. The van der Waals surface area contributed by atoms with E-state index in [-0.39, 0.29) is 10.9 Å². The molecule has 1 aliphatic heterocycles. The number of ketones is 1. The zero-order valence-corrected chi connectivity index (χ0v) is 14.2. The van der Waals surface area contributed by atoms with Crippen LogP contribution >= 0.6 is 23.1 Å². The van der Waals surface area contributed by atoms with E-state index in [1.54, 1.807) is 6.92 Å². The Morgan fingerprint density at radius 3 is 2.39 bits per heavy atom. The van der Waals surface area contributed by atoms with E-state index >= 15 is 0 Å². The molecule has 1 fully saturated rings. The molecule has 7 heteroatoms. The van der Waals surface area contributed by atoms with E-state index in [9.17, 15) is 10.1 Å². The van der Waals surface area contributed by atoms with Gasteiger partial charge in [-0.3, -0.25) is 4.79 Å². The first kappa shape index (κ1) is 15.8. The number of anilines is 2. The molecule has 0 N–H and O–H groups in total. The fourth-order valence-electron chi connectivity index (χ4n) is 2.65. The summed E-state index contributed by atoms with van der Waals surface area (Å²) in [5.74, 6) is 0.0764. The van der Waals surface area contributed by atoms with Crippen LogP contribution in [0, 0.1) is 11.3 Å². The van der Waals surface area contributed by atoms with Crippen molar-refractivity contribution >= 4 is 39.6 Å². The van der Waals surface area contributed by atoms with Crippen molar-refractivity contribution in [3.8, 4) is 6.07 Å². The van der Waals surface area contributed by atoms with Gasteiger partial charge < -0.3 is 9.80 Å². The van der Waals surface area contributed by atoms with Crippen LogP contribution in [0.3, 0.4) is 0 Å². The molecule has 0 bridgehead atoms. The van der Waals surface area contributed by atoms with E-state index < -0.39 is 0 Å². The Kier molecular flexibility index (Phi) is 4.51. The molecular weight excluding hydrogens is 332 g/mol. The largest absolute Gasteiger partial charge is 0.368 e. The molecule has 2 heterocycles. The van der Waals surface area contributed by atoms with Crippen LogP contribution < -0.4 is 9.80 Å². The van der Waals surface area contributed by atoms with Crippen molar-refractivity contribution in [3.63, 3.8) is 0 Å². The highest BCUT2D eigenvalue weighted by atomic mass is 35.5. The summed E-state index contributed by atoms with van der Waals surface area (Å²) < 4.78 is 4.06. The zero-order chi connectivity index (χ0) is 16.4. The van der Waals surface area contributed by atoms with Gasteiger partial charge in [0.1, 0.15) is 16.6 Å². The molecule has 23 heavy (non-hydrogen) atoms. The van der Waals surface area contributed by atoms with Gasteiger partial charge in [-0.2, -0.15) is 9.64 Å². The van der Waals surface area contributed by atoms with Crippen molar-refractivity contribution in [1.82, 2.24) is 4.37 Å². The summed E-state index contributed by atoms with van der Waals surface area (Å²) in [6.45, 7) is 4.88. The van der Waals surface area contributed by atoms with E-state index in [2.05, 4.69) is 20.2 Å². The van der Waals surface area contributed by atoms with Crippen molar-refractivity contribution in [1.29, 1.82) is 5.26 Å². The van der Waals surface area contributed by atoms with Crippen molar-refractivity contribution < 1.29 is 4.79 Å². The maximum absolute atomic E-state index is 11.3. The topological polar surface area (TPSA) is 60.2 Å². The molecule has 0 radical (unpaired) electrons. The van der Waals surface area contributed by atoms with Crippen LogP contribution in [0.15, 0.2) is 24.3 Å². The SMILES string of the molecule is CC(=O)c1ccc(N2CCN(c3snc(Cl)c3C#N)CC2)cc1. The molecule has 0 unspecified atom stereocenters. The molecule has 1 aliphatic rings. The number of piperazine rings is 1. The number of carbonyl (C=O) groups excluding carboxylic acids is 1. The van der Waals surface area contributed by atoms with Crippen LogP contribution in [-0.4, -0.2) is 36.3 Å². The quantitative estimate of drug-likeness (QED) is 0.799. The summed E-state index contributed by atoms with van der Waals surface area (Å²) in [6, 6.07) is 9.82. The Labute approximate surface area is 143 Å². The lowest BCUT2D eigenvalue weighted by Gasteiger charge is -2.36. The van der Waals surface area contributed by atoms with Crippen LogP contribution in [0.4, 0.5) is 10.7 Å². The maximum atomic E-state index is 11.3. The standard InChI is InChI=1S/C16H15ClN4OS/c1-11(22)12-2-4-13(5-3-12)20-6-8-21(9-7-20)16-14(10-18)15(17)19-23-16/h2-5H,6-9H2,1H3. The van der Waals surface area contributed by atoms with Crippen LogP contribution in [0.2, 0.25) is 5.15 Å². The zero-order valence-electron chi connectivity index (χ0n) is 12.6. The minimum absolute atomic E-state index is 0.0764. The highest BCUT2D eigenvalue weighted by Gasteiger charge is 2.23. The molecule has 0 saturated carbocycles. The van der Waals surface area contributed by atoms with Crippen LogP contribution in [0.1, 0.15) is 22.8 Å². The number of benzene rings is 1. The summed E-state index contributed by atoms with van der Waals surface area (Å²) in [6.07, 6.45) is 0. The van der Waals surface area contributed by atoms with Gasteiger partial charge in [0.05, 0.1) is 0 Å². The van der Waals surface area contributed by atoms with Crippen molar-refractivity contribution in [2.24, 2.45) is 0 Å². The first-order valence-corrected chi connectivity index (χ1v) is 8.41. The van der Waals surface area contributed by atoms with E-state index in [0.29, 0.717) is 5.56 Å². The molecule has 1 aromatic heterocycles. The number of carbonyl (C=O) groups is 1. The molecule has 1 aromatic carbocycles. The average molecular weight is 347 g/mol. The van der Waals surface area contributed by atoms with Crippen molar-refractivity contribution in [3.05, 3.63) is 40.5 Å². The van der Waals surface area contributed by atoms with Gasteiger partial charge in [0, 0.05) is 37.4 Å². The average Bonchev–Trinajstić information content (AvgIpc) is 2.96. The Balaban J connectivity index is 1.68. The minimum atomic E-state index is 0.0764. The van der Waals surface area contributed by atoms with Gasteiger partial charge in [-0.1, -0.05) is 11.6 Å². The lowest BCUT2D eigenvalue weighted by atomic mass is 10.1. The van der Waals surface area contributed by atoms with Crippen LogP contribution in [0.25, 0.3) is 0 Å². The molecule has 0 spiro atoms. The third kappa shape index (κ3) is 3.16. The normalized spacial score (nSPS) is 14.7. The predicted molar refractivity (Wildman–Crippen MR) is 92.7 cm³/mol. The Bertz CT molecular complexity index is 757. The van der Waals surface area contributed by atoms with Gasteiger partial charge >= 0.3 is 0 Å². The van der Waals surface area contributed by atoms with Crippen molar-refractivity contribution in [2.45, 2.75) is 6.92 Å². The molecule has 118 valence electrons. The highest BCUT2D eigenvalue weighted by Crippen LogP contribution is 2.32. The first-order chi connectivity index (χ1) is 11.1. The second kappa shape index (κ2) is 6.57. The van der Waals surface area contributed by atoms with Crippen LogP contribution in [-0.2, 0) is 0 Å². The lowest BCUT2D eigenvalue weighted by molar-refractivity contribution is 0.101. The number of rotatable bonds is 3. The van der Waals surface area contributed by atoms with Gasteiger partial charge in [0.2, 0.25) is 0 Å². The number of nitriles is 1. The van der Waals surface area contributed by atoms with Gasteiger partial charge in [-0.15, -0.1) is 0 Å². The third-order valence-corrected chi connectivity index (χ3v) is 5.23. The third-order valence-electron chi connectivity index (χ3n) is 3.95. The van der Waals surface area contributed by atoms with Crippen molar-refractivity contribution in [2.75, 3.05) is 36.0 Å². The fraction of sp³-hybridized carbons (Fsp3) is 0.312. The lowest BCUT2D eigenvalue weighted by Crippen LogP contribution is -2.46. The summed E-state index contributed by atoms with van der Waals surface area (Å²) >= 11 is 7.22. The number of halogens is 1. The fourth-order valence-corrected chi connectivity index (χ4v) is 3.73. The molecule has 0 atom stereocenters. The number of hydrogen-bond acceptors (Lipinski definition) is 6. The minimum Gasteiger partial charge on any atom is -0.368 e. The molecule has 0 amide bonds. The van der Waals surface area contributed by atoms with Gasteiger partial charge in [0.15, 0.2) is 10.9 Å². The second-order valence-electron chi connectivity index (χ2n) is 5.34. The predicted octanol–water partition coefficient (Wildman–Crippen LogP) is 3.20. The number of hydrogen-bond donors (Lipinski definition) is 0. The highest BCUT2D eigenvalue weighted by molar-refractivity contribution is 7.10.